The van der Waals surface area contributed by atoms with Gasteiger partial charge >= 0.3 is 0 Å². The van der Waals surface area contributed by atoms with Crippen molar-refractivity contribution in [2.75, 3.05) is 0 Å². The van der Waals surface area contributed by atoms with Gasteiger partial charge in [0, 0.05) is 9.75 Å². The molecule has 0 aromatic carbocycles. The summed E-state index contributed by atoms with van der Waals surface area (Å²) in [7, 11) is -3.71. The molecule has 5 nitrogen and oxygen atoms in total. The number of carbonyl (C=O) groups excluding carboxylic acids is 1. The fraction of sp³-hybridized carbons (Fsp3) is 0.583. The Bertz CT molecular complexity index is 564. The third-order valence-corrected chi connectivity index (χ3v) is 5.75. The van der Waals surface area contributed by atoms with E-state index in [0.717, 1.165) is 4.88 Å². The van der Waals surface area contributed by atoms with Crippen molar-refractivity contribution in [1.29, 1.82) is 0 Å². The van der Waals surface area contributed by atoms with Crippen molar-refractivity contribution in [3.05, 3.63) is 15.8 Å². The van der Waals surface area contributed by atoms with Crippen molar-refractivity contribution in [1.82, 2.24) is 4.72 Å². The van der Waals surface area contributed by atoms with E-state index < -0.39 is 22.0 Å². The van der Waals surface area contributed by atoms with Crippen molar-refractivity contribution in [3.8, 4) is 0 Å². The van der Waals surface area contributed by atoms with Crippen molar-refractivity contribution < 1.29 is 13.2 Å². The highest BCUT2D eigenvalue weighted by molar-refractivity contribution is 7.89. The Morgan fingerprint density at radius 3 is 2.42 bits per heavy atom. The van der Waals surface area contributed by atoms with Crippen LogP contribution in [0.1, 0.15) is 30.0 Å². The second kappa shape index (κ2) is 6.02. The molecule has 2 unspecified atom stereocenters. The second-order valence-corrected chi connectivity index (χ2v) is 7.81. The maximum absolute atomic E-state index is 12.3. The molecule has 0 saturated carbocycles. The molecule has 7 heteroatoms. The summed E-state index contributed by atoms with van der Waals surface area (Å²) < 4.78 is 27.0. The summed E-state index contributed by atoms with van der Waals surface area (Å²) in [4.78, 5) is 13.2. The third kappa shape index (κ3) is 3.77. The predicted octanol–water partition coefficient (Wildman–Crippen LogP) is 1.54. The topological polar surface area (TPSA) is 89.3 Å². The van der Waals surface area contributed by atoms with Crippen LogP contribution in [0.25, 0.3) is 0 Å². The number of hydrogen-bond acceptors (Lipinski definition) is 4. The molecule has 1 amide bonds. The van der Waals surface area contributed by atoms with Crippen LogP contribution in [0, 0.1) is 19.8 Å². The van der Waals surface area contributed by atoms with Gasteiger partial charge in [-0.25, -0.2) is 8.42 Å². The minimum atomic E-state index is -3.71. The van der Waals surface area contributed by atoms with Gasteiger partial charge in [0.05, 0.1) is 4.90 Å². The minimum absolute atomic E-state index is 0.146. The zero-order valence-electron chi connectivity index (χ0n) is 11.6. The van der Waals surface area contributed by atoms with Gasteiger partial charge in [-0.2, -0.15) is 4.72 Å². The molecular weight excluding hydrogens is 284 g/mol. The number of rotatable bonds is 6. The van der Waals surface area contributed by atoms with Crippen LogP contribution < -0.4 is 10.5 Å². The highest BCUT2D eigenvalue weighted by Crippen LogP contribution is 2.25. The number of nitrogens with two attached hydrogens (primary N) is 1. The van der Waals surface area contributed by atoms with Gasteiger partial charge in [0.15, 0.2) is 0 Å². The number of thiophene rings is 1. The van der Waals surface area contributed by atoms with Gasteiger partial charge in [0.2, 0.25) is 15.9 Å². The van der Waals surface area contributed by atoms with Crippen molar-refractivity contribution in [2.24, 2.45) is 11.7 Å². The molecule has 0 saturated heterocycles. The van der Waals surface area contributed by atoms with Gasteiger partial charge in [-0.1, -0.05) is 20.3 Å². The number of primary amides is 1. The first-order valence-electron chi connectivity index (χ1n) is 6.07. The Morgan fingerprint density at radius 1 is 1.47 bits per heavy atom. The van der Waals surface area contributed by atoms with Crippen LogP contribution >= 0.6 is 11.3 Å². The summed E-state index contributed by atoms with van der Waals surface area (Å²) in [6, 6.07) is 0.728. The summed E-state index contributed by atoms with van der Waals surface area (Å²) in [6.07, 6.45) is 0.664. The smallest absolute Gasteiger partial charge is 0.242 e. The van der Waals surface area contributed by atoms with E-state index in [9.17, 15) is 13.2 Å². The molecule has 2 atom stereocenters. The van der Waals surface area contributed by atoms with E-state index in [2.05, 4.69) is 4.72 Å². The first kappa shape index (κ1) is 16.1. The molecule has 19 heavy (non-hydrogen) atoms. The predicted molar refractivity (Wildman–Crippen MR) is 76.6 cm³/mol. The molecule has 0 aliphatic heterocycles. The standard InChI is InChI=1S/C12H20N2O3S2/c1-5-7(2)11(12(13)15)14-19(16,17)10-6-8(3)18-9(10)4/h6-7,11,14H,5H2,1-4H3,(H2,13,15). The molecule has 0 spiro atoms. The highest BCUT2D eigenvalue weighted by Gasteiger charge is 2.29. The Kier molecular flexibility index (Phi) is 5.11. The van der Waals surface area contributed by atoms with Gasteiger partial charge < -0.3 is 5.73 Å². The lowest BCUT2D eigenvalue weighted by Gasteiger charge is -2.20. The molecule has 1 aromatic rings. The molecule has 0 aliphatic carbocycles. The largest absolute Gasteiger partial charge is 0.368 e. The van der Waals surface area contributed by atoms with Crippen molar-refractivity contribution >= 4 is 27.3 Å². The number of sulfonamides is 1. The molecule has 1 rings (SSSR count). The molecule has 0 radical (unpaired) electrons. The number of hydrogen-bond donors (Lipinski definition) is 2. The van der Waals surface area contributed by atoms with E-state index >= 15 is 0 Å². The monoisotopic (exact) mass is 304 g/mol. The van der Waals surface area contributed by atoms with Gasteiger partial charge in [-0.3, -0.25) is 4.79 Å². The zero-order chi connectivity index (χ0) is 14.8. The quantitative estimate of drug-likeness (QED) is 0.835. The summed E-state index contributed by atoms with van der Waals surface area (Å²) in [5.74, 6) is -0.796. The first-order valence-corrected chi connectivity index (χ1v) is 8.37. The lowest BCUT2D eigenvalue weighted by atomic mass is 10.00. The molecule has 0 bridgehead atoms. The Labute approximate surface area is 118 Å². The van der Waals surface area contributed by atoms with Gasteiger partial charge in [-0.15, -0.1) is 11.3 Å². The molecule has 0 fully saturated rings. The Balaban J connectivity index is 3.08. The fourth-order valence-corrected chi connectivity index (χ4v) is 4.66. The molecular formula is C12H20N2O3S2. The minimum Gasteiger partial charge on any atom is -0.368 e. The highest BCUT2D eigenvalue weighted by atomic mass is 32.2. The Hall–Kier alpha value is -0.920. The second-order valence-electron chi connectivity index (χ2n) is 4.66. The van der Waals surface area contributed by atoms with Crippen molar-refractivity contribution in [3.63, 3.8) is 0 Å². The van der Waals surface area contributed by atoms with E-state index in [1.807, 2.05) is 13.8 Å². The summed E-state index contributed by atoms with van der Waals surface area (Å²) >= 11 is 1.41. The van der Waals surface area contributed by atoms with E-state index in [1.54, 1.807) is 19.9 Å². The summed E-state index contributed by atoms with van der Waals surface area (Å²) in [5, 5.41) is 0. The average Bonchev–Trinajstić information content (AvgIpc) is 2.65. The van der Waals surface area contributed by atoms with Crippen LogP contribution in [-0.2, 0) is 14.8 Å². The van der Waals surface area contributed by atoms with Gasteiger partial charge in [-0.05, 0) is 25.8 Å². The van der Waals surface area contributed by atoms with E-state index in [0.29, 0.717) is 11.3 Å². The van der Waals surface area contributed by atoms with Gasteiger partial charge in [0.1, 0.15) is 6.04 Å². The lowest BCUT2D eigenvalue weighted by molar-refractivity contribution is -0.120. The van der Waals surface area contributed by atoms with E-state index in [-0.39, 0.29) is 10.8 Å². The molecule has 108 valence electrons. The molecule has 1 aromatic heterocycles. The number of aryl methyl sites for hydroxylation is 2. The lowest BCUT2D eigenvalue weighted by Crippen LogP contribution is -2.48. The number of amides is 1. The molecule has 3 N–H and O–H groups in total. The summed E-state index contributed by atoms with van der Waals surface area (Å²) in [5.41, 5.74) is 5.28. The zero-order valence-corrected chi connectivity index (χ0v) is 13.2. The normalized spacial score (nSPS) is 15.2. The third-order valence-electron chi connectivity index (χ3n) is 3.09. The fourth-order valence-electron chi connectivity index (χ4n) is 1.80. The molecule has 0 aliphatic rings. The van der Waals surface area contributed by atoms with Crippen LogP contribution in [-0.4, -0.2) is 20.4 Å². The van der Waals surface area contributed by atoms with Crippen LogP contribution in [0.4, 0.5) is 0 Å². The molecule has 1 heterocycles. The average molecular weight is 304 g/mol. The van der Waals surface area contributed by atoms with Crippen molar-refractivity contribution in [2.45, 2.75) is 45.1 Å². The maximum atomic E-state index is 12.3. The Morgan fingerprint density at radius 2 is 2.05 bits per heavy atom. The summed E-state index contributed by atoms with van der Waals surface area (Å²) in [6.45, 7) is 7.27. The van der Waals surface area contributed by atoms with Crippen LogP contribution in [0.5, 0.6) is 0 Å². The number of carbonyl (C=O) groups is 1. The maximum Gasteiger partial charge on any atom is 0.242 e. The van der Waals surface area contributed by atoms with E-state index in [4.69, 9.17) is 5.73 Å². The SMILES string of the molecule is CCC(C)C(NS(=O)(=O)c1cc(C)sc1C)C(N)=O. The van der Waals surface area contributed by atoms with Gasteiger partial charge in [0.25, 0.3) is 0 Å². The van der Waals surface area contributed by atoms with E-state index in [1.165, 1.54) is 11.3 Å². The first-order chi connectivity index (χ1) is 8.69. The number of nitrogens with one attached hydrogen (secondary N) is 1. The van der Waals surface area contributed by atoms with Crippen LogP contribution in [0.15, 0.2) is 11.0 Å². The van der Waals surface area contributed by atoms with Crippen LogP contribution in [0.2, 0.25) is 0 Å². The van der Waals surface area contributed by atoms with Crippen LogP contribution in [0.3, 0.4) is 0 Å².